The number of aromatic amines is 1. The molecule has 1 atom stereocenters. The highest BCUT2D eigenvalue weighted by molar-refractivity contribution is 5.78. The first kappa shape index (κ1) is 13.4. The number of fused-ring (bicyclic) bond motifs is 1. The van der Waals surface area contributed by atoms with Crippen LogP contribution in [0.2, 0.25) is 0 Å². The van der Waals surface area contributed by atoms with Gasteiger partial charge in [-0.25, -0.2) is 4.79 Å². The molecule has 0 saturated carbocycles. The van der Waals surface area contributed by atoms with E-state index < -0.39 is 5.76 Å². The van der Waals surface area contributed by atoms with E-state index in [1.165, 1.54) is 0 Å². The summed E-state index contributed by atoms with van der Waals surface area (Å²) in [4.78, 5) is 25.1. The zero-order chi connectivity index (χ0) is 13.8. The SMILES string of the molecule is CC(CN)C(=O)NCCc1ccc2oc(=O)[nH]c2c1. The number of benzene rings is 1. The van der Waals surface area contributed by atoms with Crippen LogP contribution in [-0.2, 0) is 11.2 Å². The molecule has 0 spiro atoms. The van der Waals surface area contributed by atoms with Crippen LogP contribution in [0, 0.1) is 5.92 Å². The summed E-state index contributed by atoms with van der Waals surface area (Å²) in [7, 11) is 0. The first-order valence-corrected chi connectivity index (χ1v) is 6.19. The molecule has 2 aromatic rings. The third kappa shape index (κ3) is 3.23. The summed E-state index contributed by atoms with van der Waals surface area (Å²) in [6.07, 6.45) is 0.687. The fourth-order valence-corrected chi connectivity index (χ4v) is 1.77. The molecule has 1 amide bonds. The van der Waals surface area contributed by atoms with E-state index in [-0.39, 0.29) is 11.8 Å². The molecule has 1 heterocycles. The summed E-state index contributed by atoms with van der Waals surface area (Å²) in [5, 5.41) is 2.82. The molecule has 102 valence electrons. The molecule has 19 heavy (non-hydrogen) atoms. The van der Waals surface area contributed by atoms with Gasteiger partial charge in [-0.1, -0.05) is 13.0 Å². The van der Waals surface area contributed by atoms with E-state index in [9.17, 15) is 9.59 Å². The zero-order valence-electron chi connectivity index (χ0n) is 10.7. The fraction of sp³-hybridized carbons (Fsp3) is 0.385. The van der Waals surface area contributed by atoms with Crippen LogP contribution in [0.4, 0.5) is 0 Å². The lowest BCUT2D eigenvalue weighted by molar-refractivity contribution is -0.124. The summed E-state index contributed by atoms with van der Waals surface area (Å²) in [5.41, 5.74) is 7.64. The van der Waals surface area contributed by atoms with Crippen molar-refractivity contribution in [1.82, 2.24) is 10.3 Å². The van der Waals surface area contributed by atoms with E-state index in [4.69, 9.17) is 10.2 Å². The highest BCUT2D eigenvalue weighted by Crippen LogP contribution is 2.12. The summed E-state index contributed by atoms with van der Waals surface area (Å²) < 4.78 is 4.92. The standard InChI is InChI=1S/C13H17N3O3/c1-8(7-14)12(17)15-5-4-9-2-3-11-10(6-9)16-13(18)19-11/h2-3,6,8H,4-5,7,14H2,1H3,(H,15,17)(H,16,18). The third-order valence-corrected chi connectivity index (χ3v) is 3.00. The Kier molecular flexibility index (Phi) is 4.01. The molecule has 1 aromatic heterocycles. The van der Waals surface area contributed by atoms with E-state index in [1.54, 1.807) is 13.0 Å². The van der Waals surface area contributed by atoms with Crippen LogP contribution >= 0.6 is 0 Å². The topological polar surface area (TPSA) is 101 Å². The van der Waals surface area contributed by atoms with Gasteiger partial charge in [0.25, 0.3) is 0 Å². The van der Waals surface area contributed by atoms with Gasteiger partial charge in [0, 0.05) is 19.0 Å². The average molecular weight is 263 g/mol. The van der Waals surface area contributed by atoms with Crippen LogP contribution < -0.4 is 16.8 Å². The van der Waals surface area contributed by atoms with E-state index in [0.717, 1.165) is 5.56 Å². The molecule has 4 N–H and O–H groups in total. The smallest absolute Gasteiger partial charge is 0.408 e. The predicted molar refractivity (Wildman–Crippen MR) is 71.8 cm³/mol. The van der Waals surface area contributed by atoms with Crippen LogP contribution in [0.1, 0.15) is 12.5 Å². The number of amides is 1. The summed E-state index contributed by atoms with van der Waals surface area (Å²) in [5.74, 6) is -0.676. The van der Waals surface area contributed by atoms with Crippen molar-refractivity contribution in [3.63, 3.8) is 0 Å². The van der Waals surface area contributed by atoms with Gasteiger partial charge in [0.05, 0.1) is 5.52 Å². The molecule has 0 fully saturated rings. The molecule has 6 nitrogen and oxygen atoms in total. The second-order valence-electron chi connectivity index (χ2n) is 4.52. The van der Waals surface area contributed by atoms with Gasteiger partial charge in [-0.15, -0.1) is 0 Å². The van der Waals surface area contributed by atoms with Gasteiger partial charge in [-0.2, -0.15) is 0 Å². The van der Waals surface area contributed by atoms with Crippen molar-refractivity contribution in [3.05, 3.63) is 34.3 Å². The number of H-pyrrole nitrogens is 1. The maximum atomic E-state index is 11.5. The van der Waals surface area contributed by atoms with Crippen molar-refractivity contribution in [2.75, 3.05) is 13.1 Å². The Hall–Kier alpha value is -2.08. The first-order chi connectivity index (χ1) is 9.10. The van der Waals surface area contributed by atoms with Crippen LogP contribution in [0.15, 0.2) is 27.4 Å². The quantitative estimate of drug-likeness (QED) is 0.725. The number of nitrogens with two attached hydrogens (primary N) is 1. The Morgan fingerprint density at radius 3 is 3.05 bits per heavy atom. The number of nitrogens with one attached hydrogen (secondary N) is 2. The van der Waals surface area contributed by atoms with Gasteiger partial charge >= 0.3 is 5.76 Å². The average Bonchev–Trinajstić information content (AvgIpc) is 2.77. The van der Waals surface area contributed by atoms with Gasteiger partial charge in [0.15, 0.2) is 5.58 Å². The number of carbonyl (C=O) groups excluding carboxylic acids is 1. The molecular formula is C13H17N3O3. The molecule has 2 rings (SSSR count). The van der Waals surface area contributed by atoms with Crippen molar-refractivity contribution in [1.29, 1.82) is 0 Å². The highest BCUT2D eigenvalue weighted by atomic mass is 16.4. The van der Waals surface area contributed by atoms with E-state index in [2.05, 4.69) is 10.3 Å². The van der Waals surface area contributed by atoms with Crippen molar-refractivity contribution in [2.24, 2.45) is 11.7 Å². The fourth-order valence-electron chi connectivity index (χ4n) is 1.77. The van der Waals surface area contributed by atoms with Crippen molar-refractivity contribution in [3.8, 4) is 0 Å². The monoisotopic (exact) mass is 263 g/mol. The lowest BCUT2D eigenvalue weighted by Crippen LogP contribution is -2.34. The number of hydrogen-bond acceptors (Lipinski definition) is 4. The molecule has 6 heteroatoms. The van der Waals surface area contributed by atoms with Crippen LogP contribution in [0.25, 0.3) is 11.1 Å². The van der Waals surface area contributed by atoms with E-state index >= 15 is 0 Å². The zero-order valence-corrected chi connectivity index (χ0v) is 10.7. The number of rotatable bonds is 5. The number of carbonyl (C=O) groups is 1. The van der Waals surface area contributed by atoms with Crippen molar-refractivity contribution in [2.45, 2.75) is 13.3 Å². The van der Waals surface area contributed by atoms with Crippen LogP contribution in [0.3, 0.4) is 0 Å². The minimum absolute atomic E-state index is 0.0414. The number of aromatic nitrogens is 1. The maximum absolute atomic E-state index is 11.5. The van der Waals surface area contributed by atoms with Gasteiger partial charge < -0.3 is 15.5 Å². The molecular weight excluding hydrogens is 246 g/mol. The largest absolute Gasteiger partial charge is 0.417 e. The van der Waals surface area contributed by atoms with Crippen LogP contribution in [0.5, 0.6) is 0 Å². The van der Waals surface area contributed by atoms with Gasteiger partial charge in [0.1, 0.15) is 0 Å². The molecule has 1 unspecified atom stereocenters. The Morgan fingerprint density at radius 1 is 1.53 bits per heavy atom. The molecule has 0 aliphatic rings. The number of hydrogen-bond donors (Lipinski definition) is 3. The second-order valence-corrected chi connectivity index (χ2v) is 4.52. The third-order valence-electron chi connectivity index (χ3n) is 3.00. The van der Waals surface area contributed by atoms with Crippen LogP contribution in [-0.4, -0.2) is 24.0 Å². The minimum Gasteiger partial charge on any atom is -0.408 e. The Labute approximate surface area is 110 Å². The molecule has 0 aliphatic carbocycles. The van der Waals surface area contributed by atoms with Gasteiger partial charge in [-0.3, -0.25) is 9.78 Å². The van der Waals surface area contributed by atoms with Crippen molar-refractivity contribution >= 4 is 17.0 Å². The van der Waals surface area contributed by atoms with E-state index in [1.807, 2.05) is 12.1 Å². The second kappa shape index (κ2) is 5.71. The summed E-state index contributed by atoms with van der Waals surface area (Å²) in [6.45, 7) is 2.67. The Bertz CT molecular complexity index is 629. The van der Waals surface area contributed by atoms with Gasteiger partial charge in [-0.05, 0) is 24.1 Å². The summed E-state index contributed by atoms with van der Waals surface area (Å²) in [6, 6.07) is 5.46. The lowest BCUT2D eigenvalue weighted by Gasteiger charge is -2.09. The molecule has 0 bridgehead atoms. The lowest BCUT2D eigenvalue weighted by atomic mass is 10.1. The molecule has 0 saturated heterocycles. The Balaban J connectivity index is 1.94. The number of oxazole rings is 1. The first-order valence-electron chi connectivity index (χ1n) is 6.19. The summed E-state index contributed by atoms with van der Waals surface area (Å²) >= 11 is 0. The minimum atomic E-state index is -0.461. The van der Waals surface area contributed by atoms with Crippen molar-refractivity contribution < 1.29 is 9.21 Å². The molecule has 1 aromatic carbocycles. The predicted octanol–water partition coefficient (Wildman–Crippen LogP) is 0.375. The normalized spacial score (nSPS) is 12.5. The van der Waals surface area contributed by atoms with E-state index in [0.29, 0.717) is 30.6 Å². The Morgan fingerprint density at radius 2 is 2.32 bits per heavy atom. The highest BCUT2D eigenvalue weighted by Gasteiger charge is 2.09. The maximum Gasteiger partial charge on any atom is 0.417 e. The molecule has 0 radical (unpaired) electrons. The van der Waals surface area contributed by atoms with Gasteiger partial charge in [0.2, 0.25) is 5.91 Å². The molecule has 0 aliphatic heterocycles.